The van der Waals surface area contributed by atoms with Crippen LogP contribution in [0.15, 0.2) is 18.2 Å². The van der Waals surface area contributed by atoms with E-state index < -0.39 is 0 Å². The smallest absolute Gasteiger partial charge is 0.161 e. The minimum absolute atomic E-state index is 0.821. The molecule has 3 aliphatic rings. The Morgan fingerprint density at radius 1 is 0.958 bits per heavy atom. The molecule has 1 aromatic rings. The highest BCUT2D eigenvalue weighted by Crippen LogP contribution is 2.43. The summed E-state index contributed by atoms with van der Waals surface area (Å²) in [6.07, 6.45) is 6.09. The van der Waals surface area contributed by atoms with Gasteiger partial charge in [0.15, 0.2) is 11.5 Å². The maximum absolute atomic E-state index is 5.44. The number of nitrogens with one attached hydrogen (secondary N) is 2. The lowest BCUT2D eigenvalue weighted by molar-refractivity contribution is -1.03. The quantitative estimate of drug-likeness (QED) is 0.805. The zero-order chi connectivity index (χ0) is 16.5. The molecule has 2 bridgehead atoms. The summed E-state index contributed by atoms with van der Waals surface area (Å²) in [7, 11) is 3.41. The topological polar surface area (TPSA) is 27.3 Å². The molecule has 1 heterocycles. The number of rotatable bonds is 5. The molecule has 0 spiro atoms. The van der Waals surface area contributed by atoms with Gasteiger partial charge in [0.25, 0.3) is 0 Å². The van der Waals surface area contributed by atoms with Crippen LogP contribution in [0.25, 0.3) is 0 Å². The zero-order valence-corrected chi connectivity index (χ0v) is 15.1. The Bertz CT molecular complexity index is 569. The van der Waals surface area contributed by atoms with Gasteiger partial charge in [-0.2, -0.15) is 0 Å². The van der Waals surface area contributed by atoms with Crippen molar-refractivity contribution < 1.29 is 19.3 Å². The van der Waals surface area contributed by atoms with Gasteiger partial charge < -0.3 is 19.3 Å². The second-order valence-corrected chi connectivity index (χ2v) is 8.06. The summed E-state index contributed by atoms with van der Waals surface area (Å²) in [5.74, 6) is 3.80. The molecule has 2 saturated carbocycles. The number of benzene rings is 1. The number of fused-ring (bicyclic) bond motifs is 2. The SMILES string of the molecule is COc1ccc(C[NH+]2CC[NH+]([C@@H]3C[C@H]4CC[C@@H]3C4)CC2)cc1OC. The lowest BCUT2D eigenvalue weighted by Crippen LogP contribution is -3.29. The molecule has 4 heteroatoms. The fraction of sp³-hybridized carbons (Fsp3) is 0.700. The maximum atomic E-state index is 5.44. The first kappa shape index (κ1) is 16.2. The predicted molar refractivity (Wildman–Crippen MR) is 93.9 cm³/mol. The van der Waals surface area contributed by atoms with Crippen LogP contribution in [0.2, 0.25) is 0 Å². The molecule has 4 rings (SSSR count). The first-order valence-corrected chi connectivity index (χ1v) is 9.66. The van der Waals surface area contributed by atoms with Gasteiger partial charge >= 0.3 is 0 Å². The van der Waals surface area contributed by atoms with Gasteiger partial charge in [0.05, 0.1) is 20.3 Å². The molecular weight excluding hydrogens is 300 g/mol. The fourth-order valence-corrected chi connectivity index (χ4v) is 5.50. The average Bonchev–Trinajstić information content (AvgIpc) is 3.25. The van der Waals surface area contributed by atoms with Crippen LogP contribution in [0.5, 0.6) is 11.5 Å². The Morgan fingerprint density at radius 3 is 2.38 bits per heavy atom. The van der Waals surface area contributed by atoms with Crippen LogP contribution in [0, 0.1) is 11.8 Å². The average molecular weight is 332 g/mol. The van der Waals surface area contributed by atoms with Crippen molar-refractivity contribution in [3.8, 4) is 11.5 Å². The maximum Gasteiger partial charge on any atom is 0.161 e. The van der Waals surface area contributed by atoms with E-state index in [1.807, 2.05) is 11.0 Å². The van der Waals surface area contributed by atoms with E-state index in [1.165, 1.54) is 57.4 Å². The molecule has 0 radical (unpaired) electrons. The molecule has 132 valence electrons. The van der Waals surface area contributed by atoms with Crippen LogP contribution < -0.4 is 19.3 Å². The molecule has 1 saturated heterocycles. The molecule has 3 atom stereocenters. The molecule has 1 aliphatic heterocycles. The summed E-state index contributed by atoms with van der Waals surface area (Å²) in [4.78, 5) is 3.63. The standard InChI is InChI=1S/C20H30N2O2/c1-23-19-6-4-16(13-20(19)24-2)14-21-7-9-22(10-8-21)18-12-15-3-5-17(18)11-15/h4,6,13,15,17-18H,3,5,7-12,14H2,1-2H3/p+2/t15-,17+,18+/m0/s1. The van der Waals surface area contributed by atoms with Crippen LogP contribution in [-0.4, -0.2) is 46.4 Å². The number of hydrogen-bond donors (Lipinski definition) is 2. The van der Waals surface area contributed by atoms with Crippen molar-refractivity contribution >= 4 is 0 Å². The van der Waals surface area contributed by atoms with Gasteiger partial charge in [-0.05, 0) is 43.4 Å². The molecule has 0 unspecified atom stereocenters. The van der Waals surface area contributed by atoms with E-state index in [1.54, 1.807) is 19.1 Å². The highest BCUT2D eigenvalue weighted by atomic mass is 16.5. The van der Waals surface area contributed by atoms with Gasteiger partial charge in [-0.1, -0.05) is 0 Å². The summed E-state index contributed by atoms with van der Waals surface area (Å²) < 4.78 is 10.8. The van der Waals surface area contributed by atoms with Crippen LogP contribution >= 0.6 is 0 Å². The first-order chi connectivity index (χ1) is 11.8. The van der Waals surface area contributed by atoms with Crippen LogP contribution in [0.1, 0.15) is 31.2 Å². The number of methoxy groups -OCH3 is 2. The highest BCUT2D eigenvalue weighted by Gasteiger charge is 2.46. The summed E-state index contributed by atoms with van der Waals surface area (Å²) in [6.45, 7) is 6.42. The van der Waals surface area contributed by atoms with Crippen molar-refractivity contribution in [2.45, 2.75) is 38.3 Å². The minimum atomic E-state index is 0.821. The van der Waals surface area contributed by atoms with E-state index in [9.17, 15) is 0 Å². The van der Waals surface area contributed by atoms with E-state index >= 15 is 0 Å². The van der Waals surface area contributed by atoms with E-state index in [-0.39, 0.29) is 0 Å². The summed E-state index contributed by atoms with van der Waals surface area (Å²) >= 11 is 0. The van der Waals surface area contributed by atoms with Crippen molar-refractivity contribution in [3.63, 3.8) is 0 Å². The Morgan fingerprint density at radius 2 is 1.75 bits per heavy atom. The van der Waals surface area contributed by atoms with Gasteiger partial charge in [0.1, 0.15) is 32.7 Å². The van der Waals surface area contributed by atoms with E-state index in [2.05, 4.69) is 12.1 Å². The molecule has 0 aromatic heterocycles. The number of hydrogen-bond acceptors (Lipinski definition) is 2. The molecule has 2 aliphatic carbocycles. The molecule has 0 amide bonds. The second kappa shape index (κ2) is 6.93. The molecular formula is C20H32N2O2+2. The Labute approximate surface area is 145 Å². The minimum Gasteiger partial charge on any atom is -0.493 e. The predicted octanol–water partition coefficient (Wildman–Crippen LogP) is 0.176. The van der Waals surface area contributed by atoms with Crippen molar-refractivity contribution in [3.05, 3.63) is 23.8 Å². The van der Waals surface area contributed by atoms with Gasteiger partial charge in [-0.3, -0.25) is 0 Å². The van der Waals surface area contributed by atoms with E-state index in [0.29, 0.717) is 0 Å². The molecule has 3 fully saturated rings. The fourth-order valence-electron chi connectivity index (χ4n) is 5.50. The molecule has 24 heavy (non-hydrogen) atoms. The largest absolute Gasteiger partial charge is 0.493 e. The molecule has 2 N–H and O–H groups in total. The molecule has 4 nitrogen and oxygen atoms in total. The number of quaternary nitrogens is 2. The summed E-state index contributed by atoms with van der Waals surface area (Å²) in [6, 6.07) is 7.35. The van der Waals surface area contributed by atoms with Crippen LogP contribution in [0.3, 0.4) is 0 Å². The zero-order valence-electron chi connectivity index (χ0n) is 15.1. The normalized spacial score (nSPS) is 35.2. The Kier molecular flexibility index (Phi) is 4.68. The Balaban J connectivity index is 1.32. The second-order valence-electron chi connectivity index (χ2n) is 8.06. The van der Waals surface area contributed by atoms with Crippen LogP contribution in [-0.2, 0) is 6.54 Å². The lowest BCUT2D eigenvalue weighted by Gasteiger charge is -2.36. The van der Waals surface area contributed by atoms with E-state index in [0.717, 1.165) is 35.9 Å². The van der Waals surface area contributed by atoms with Gasteiger partial charge in [0, 0.05) is 17.9 Å². The van der Waals surface area contributed by atoms with Crippen LogP contribution in [0.4, 0.5) is 0 Å². The third-order valence-corrected chi connectivity index (χ3v) is 6.76. The van der Waals surface area contributed by atoms with Crippen molar-refractivity contribution in [1.29, 1.82) is 0 Å². The van der Waals surface area contributed by atoms with Gasteiger partial charge in [0.2, 0.25) is 0 Å². The van der Waals surface area contributed by atoms with Crippen molar-refractivity contribution in [1.82, 2.24) is 0 Å². The summed E-state index contributed by atoms with van der Waals surface area (Å²) in [5.41, 5.74) is 1.35. The summed E-state index contributed by atoms with van der Waals surface area (Å²) in [5, 5.41) is 0. The Hall–Kier alpha value is -1.26. The molecule has 1 aromatic carbocycles. The monoisotopic (exact) mass is 332 g/mol. The third kappa shape index (κ3) is 3.14. The van der Waals surface area contributed by atoms with Crippen molar-refractivity contribution in [2.75, 3.05) is 40.4 Å². The number of piperazine rings is 1. The van der Waals surface area contributed by atoms with Crippen molar-refractivity contribution in [2.24, 2.45) is 11.8 Å². The third-order valence-electron chi connectivity index (χ3n) is 6.76. The highest BCUT2D eigenvalue weighted by molar-refractivity contribution is 5.42. The lowest BCUT2D eigenvalue weighted by atomic mass is 9.93. The van der Waals surface area contributed by atoms with E-state index in [4.69, 9.17) is 9.47 Å². The number of ether oxygens (including phenoxy) is 2. The first-order valence-electron chi connectivity index (χ1n) is 9.66. The van der Waals surface area contributed by atoms with Gasteiger partial charge in [-0.25, -0.2) is 0 Å². The van der Waals surface area contributed by atoms with Gasteiger partial charge in [-0.15, -0.1) is 0 Å².